The number of para-hydroxylation sites is 1. The number of amides is 2. The van der Waals surface area contributed by atoms with Gasteiger partial charge in [0.1, 0.15) is 5.57 Å². The number of rotatable bonds is 6. The van der Waals surface area contributed by atoms with Gasteiger partial charge in [0.25, 0.3) is 11.8 Å². The molecule has 1 fully saturated rings. The molecule has 1 N–H and O–H groups in total. The molecule has 1 aliphatic rings. The smallest absolute Gasteiger partial charge is 0.282 e. The highest BCUT2D eigenvalue weighted by atomic mass is 16.5. The minimum atomic E-state index is -0.478. The van der Waals surface area contributed by atoms with Crippen LogP contribution in [0.15, 0.2) is 48.0 Å². The first-order valence-corrected chi connectivity index (χ1v) is 8.79. The molecule has 0 aromatic heterocycles. The number of anilines is 1. The normalized spacial score (nSPS) is 15.2. The Kier molecular flexibility index (Phi) is 5.54. The van der Waals surface area contributed by atoms with Gasteiger partial charge in [-0.3, -0.25) is 15.0 Å². The van der Waals surface area contributed by atoms with Crippen molar-refractivity contribution in [1.82, 2.24) is 5.43 Å². The molecule has 0 aliphatic carbocycles. The largest absolute Gasteiger partial charge is 0.493 e. The van der Waals surface area contributed by atoms with E-state index in [2.05, 4.69) is 5.43 Å². The zero-order chi connectivity index (χ0) is 20.3. The van der Waals surface area contributed by atoms with Crippen molar-refractivity contribution in [2.45, 2.75) is 20.0 Å². The Balaban J connectivity index is 1.98. The Morgan fingerprint density at radius 1 is 1.00 bits per heavy atom. The van der Waals surface area contributed by atoms with Gasteiger partial charge in [0.2, 0.25) is 5.75 Å². The number of carbonyl (C=O) groups excluding carboxylic acids is 2. The van der Waals surface area contributed by atoms with Crippen LogP contribution in [0.25, 0.3) is 6.08 Å². The van der Waals surface area contributed by atoms with Crippen LogP contribution in [0.5, 0.6) is 17.2 Å². The molecule has 3 rings (SSSR count). The fourth-order valence-corrected chi connectivity index (χ4v) is 2.82. The number of ether oxygens (including phenoxy) is 3. The van der Waals surface area contributed by atoms with Crippen molar-refractivity contribution in [1.29, 1.82) is 0 Å². The fraction of sp³-hybridized carbons (Fsp3) is 0.238. The topological polar surface area (TPSA) is 77.1 Å². The molecule has 1 saturated heterocycles. The number of nitrogens with one attached hydrogen (secondary N) is 1. The van der Waals surface area contributed by atoms with Crippen LogP contribution in [-0.4, -0.2) is 32.1 Å². The molecule has 1 heterocycles. The first-order valence-electron chi connectivity index (χ1n) is 8.79. The molecule has 0 spiro atoms. The number of nitrogens with zero attached hydrogens (tertiary/aromatic N) is 1. The van der Waals surface area contributed by atoms with Gasteiger partial charge in [0.15, 0.2) is 11.5 Å². The molecule has 2 amide bonds. The molecule has 0 saturated carbocycles. The van der Waals surface area contributed by atoms with Crippen LogP contribution in [0.1, 0.15) is 19.4 Å². The third-order valence-electron chi connectivity index (χ3n) is 4.05. The van der Waals surface area contributed by atoms with Crippen molar-refractivity contribution in [2.75, 3.05) is 19.2 Å². The van der Waals surface area contributed by atoms with Gasteiger partial charge in [-0.1, -0.05) is 18.2 Å². The summed E-state index contributed by atoms with van der Waals surface area (Å²) in [5, 5.41) is 1.22. The highest BCUT2D eigenvalue weighted by molar-refractivity contribution is 6.31. The predicted molar refractivity (Wildman–Crippen MR) is 105 cm³/mol. The molecule has 7 heteroatoms. The average molecular weight is 382 g/mol. The Bertz CT molecular complexity index is 897. The molecular formula is C21H22N2O5. The summed E-state index contributed by atoms with van der Waals surface area (Å²) in [4.78, 5) is 25.1. The quantitative estimate of drug-likeness (QED) is 0.614. The minimum absolute atomic E-state index is 0.0190. The van der Waals surface area contributed by atoms with E-state index in [1.165, 1.54) is 25.3 Å². The monoisotopic (exact) mass is 382 g/mol. The van der Waals surface area contributed by atoms with Gasteiger partial charge in [0, 0.05) is 0 Å². The SMILES string of the molecule is COc1cc(/C=C2/C(=O)NN(c3ccccc3)C2=O)cc(OC)c1OC(C)C. The van der Waals surface area contributed by atoms with Crippen LogP contribution < -0.4 is 24.6 Å². The lowest BCUT2D eigenvalue weighted by atomic mass is 10.1. The van der Waals surface area contributed by atoms with E-state index in [1.807, 2.05) is 19.9 Å². The molecule has 0 radical (unpaired) electrons. The Morgan fingerprint density at radius 3 is 2.14 bits per heavy atom. The number of benzene rings is 2. The van der Waals surface area contributed by atoms with Gasteiger partial charge in [-0.2, -0.15) is 0 Å². The van der Waals surface area contributed by atoms with Crippen LogP contribution in [0, 0.1) is 0 Å². The van der Waals surface area contributed by atoms with E-state index in [4.69, 9.17) is 14.2 Å². The first-order chi connectivity index (χ1) is 13.4. The third-order valence-corrected chi connectivity index (χ3v) is 4.05. The molecule has 7 nitrogen and oxygen atoms in total. The van der Waals surface area contributed by atoms with Crippen LogP contribution in [0.3, 0.4) is 0 Å². The van der Waals surface area contributed by atoms with E-state index in [0.717, 1.165) is 0 Å². The van der Waals surface area contributed by atoms with E-state index >= 15 is 0 Å². The summed E-state index contributed by atoms with van der Waals surface area (Å²) in [7, 11) is 3.03. The van der Waals surface area contributed by atoms with Gasteiger partial charge in [0.05, 0.1) is 26.0 Å². The van der Waals surface area contributed by atoms with Crippen LogP contribution in [0.4, 0.5) is 5.69 Å². The maximum Gasteiger partial charge on any atom is 0.282 e. The van der Waals surface area contributed by atoms with Crippen molar-refractivity contribution in [3.63, 3.8) is 0 Å². The summed E-state index contributed by atoms with van der Waals surface area (Å²) in [6.45, 7) is 3.79. The maximum atomic E-state index is 12.7. The second kappa shape index (κ2) is 8.04. The Morgan fingerprint density at radius 2 is 1.61 bits per heavy atom. The van der Waals surface area contributed by atoms with Gasteiger partial charge < -0.3 is 14.2 Å². The van der Waals surface area contributed by atoms with Crippen LogP contribution >= 0.6 is 0 Å². The van der Waals surface area contributed by atoms with Crippen molar-refractivity contribution in [2.24, 2.45) is 0 Å². The maximum absolute atomic E-state index is 12.7. The molecule has 2 aromatic carbocycles. The number of carbonyl (C=O) groups is 2. The van der Waals surface area contributed by atoms with Crippen molar-refractivity contribution < 1.29 is 23.8 Å². The zero-order valence-corrected chi connectivity index (χ0v) is 16.2. The van der Waals surface area contributed by atoms with E-state index in [0.29, 0.717) is 28.5 Å². The second-order valence-corrected chi connectivity index (χ2v) is 6.40. The highest BCUT2D eigenvalue weighted by Gasteiger charge is 2.34. The Hall–Kier alpha value is -3.48. The van der Waals surface area contributed by atoms with Gasteiger partial charge in [-0.15, -0.1) is 0 Å². The number of hydrogen-bond acceptors (Lipinski definition) is 5. The number of hydrogen-bond donors (Lipinski definition) is 1. The molecule has 146 valence electrons. The zero-order valence-electron chi connectivity index (χ0n) is 16.2. The van der Waals surface area contributed by atoms with E-state index < -0.39 is 11.8 Å². The standard InChI is InChI=1S/C21H22N2O5/c1-13(2)28-19-17(26-3)11-14(12-18(19)27-4)10-16-20(24)22-23(21(16)25)15-8-6-5-7-9-15/h5-13H,1-4H3,(H,22,24)/b16-10-. The lowest BCUT2D eigenvalue weighted by molar-refractivity contribution is -0.117. The van der Waals surface area contributed by atoms with Crippen molar-refractivity contribution >= 4 is 23.6 Å². The van der Waals surface area contributed by atoms with Crippen molar-refractivity contribution in [3.8, 4) is 17.2 Å². The van der Waals surface area contributed by atoms with Crippen LogP contribution in [-0.2, 0) is 9.59 Å². The summed E-state index contributed by atoms with van der Waals surface area (Å²) in [5.74, 6) is 0.456. The summed E-state index contributed by atoms with van der Waals surface area (Å²) in [6, 6.07) is 12.3. The summed E-state index contributed by atoms with van der Waals surface area (Å²) < 4.78 is 16.6. The van der Waals surface area contributed by atoms with E-state index in [9.17, 15) is 9.59 Å². The fourth-order valence-electron chi connectivity index (χ4n) is 2.82. The number of hydrazine groups is 1. The third kappa shape index (κ3) is 3.78. The first kappa shape index (κ1) is 19.3. The molecule has 2 aromatic rings. The molecule has 0 bridgehead atoms. The van der Waals surface area contributed by atoms with Crippen LogP contribution in [0.2, 0.25) is 0 Å². The lowest BCUT2D eigenvalue weighted by Crippen LogP contribution is -2.35. The van der Waals surface area contributed by atoms with Gasteiger partial charge >= 0.3 is 0 Å². The average Bonchev–Trinajstić information content (AvgIpc) is 2.97. The molecular weight excluding hydrogens is 360 g/mol. The second-order valence-electron chi connectivity index (χ2n) is 6.40. The summed E-state index contributed by atoms with van der Waals surface area (Å²) in [6.07, 6.45) is 1.43. The Labute approximate surface area is 163 Å². The minimum Gasteiger partial charge on any atom is -0.493 e. The molecule has 28 heavy (non-hydrogen) atoms. The predicted octanol–water partition coefficient (Wildman–Crippen LogP) is 2.95. The molecule has 0 unspecified atom stereocenters. The van der Waals surface area contributed by atoms with Gasteiger partial charge in [-0.25, -0.2) is 5.01 Å². The summed E-state index contributed by atoms with van der Waals surface area (Å²) >= 11 is 0. The van der Waals surface area contributed by atoms with Gasteiger partial charge in [-0.05, 0) is 49.8 Å². The van der Waals surface area contributed by atoms with Crippen molar-refractivity contribution in [3.05, 3.63) is 53.6 Å². The molecule has 1 aliphatic heterocycles. The number of methoxy groups -OCH3 is 2. The highest BCUT2D eigenvalue weighted by Crippen LogP contribution is 2.40. The van der Waals surface area contributed by atoms with E-state index in [-0.39, 0.29) is 11.7 Å². The molecule has 0 atom stereocenters. The summed E-state index contributed by atoms with van der Waals surface area (Å²) in [5.41, 5.74) is 3.76. The lowest BCUT2D eigenvalue weighted by Gasteiger charge is -2.17. The van der Waals surface area contributed by atoms with E-state index in [1.54, 1.807) is 36.4 Å².